The minimum absolute atomic E-state index is 0.159. The quantitative estimate of drug-likeness (QED) is 0.752. The van der Waals surface area contributed by atoms with Crippen LogP contribution in [0.25, 0.3) is 11.2 Å². The van der Waals surface area contributed by atoms with Crippen molar-refractivity contribution in [2.75, 3.05) is 18.8 Å². The van der Waals surface area contributed by atoms with E-state index in [2.05, 4.69) is 25.3 Å². The second-order valence-corrected chi connectivity index (χ2v) is 7.51. The lowest BCUT2D eigenvalue weighted by molar-refractivity contribution is -0.132. The van der Waals surface area contributed by atoms with Gasteiger partial charge in [-0.1, -0.05) is 0 Å². The summed E-state index contributed by atoms with van der Waals surface area (Å²) >= 11 is 1.70. The fraction of sp³-hybridized carbons (Fsp3) is 0.471. The molecule has 0 aliphatic carbocycles. The summed E-state index contributed by atoms with van der Waals surface area (Å²) in [5.74, 6) is 0.873. The second-order valence-electron chi connectivity index (χ2n) is 6.63. The van der Waals surface area contributed by atoms with Crippen molar-refractivity contribution in [2.45, 2.75) is 38.6 Å². The van der Waals surface area contributed by atoms with Gasteiger partial charge < -0.3 is 15.2 Å². The zero-order chi connectivity index (χ0) is 18.1. The molecule has 26 heavy (non-hydrogen) atoms. The standard InChI is InChI=1S/C17H21N7OS/c1-11-8-26-17(22-11)12-3-2-5-23(7-12)13(25)4-6-24-10-21-14-15(18)19-9-20-16(14)24/h8-10,12H,2-7H2,1H3,(H2,18,19,20). The maximum atomic E-state index is 12.7. The molecular formula is C17H21N7OS. The third-order valence-corrected chi connectivity index (χ3v) is 5.88. The van der Waals surface area contributed by atoms with Crippen LogP contribution in [0.4, 0.5) is 5.82 Å². The van der Waals surface area contributed by atoms with Crippen LogP contribution in [0, 0.1) is 6.92 Å². The van der Waals surface area contributed by atoms with Crippen molar-refractivity contribution >= 4 is 34.2 Å². The number of thiazole rings is 1. The van der Waals surface area contributed by atoms with Gasteiger partial charge in [0.1, 0.15) is 11.8 Å². The number of hydrogen-bond acceptors (Lipinski definition) is 7. The van der Waals surface area contributed by atoms with Crippen LogP contribution >= 0.6 is 11.3 Å². The molecule has 2 N–H and O–H groups in total. The summed E-state index contributed by atoms with van der Waals surface area (Å²) in [4.78, 5) is 31.7. The molecule has 0 saturated carbocycles. The van der Waals surface area contributed by atoms with Crippen molar-refractivity contribution in [1.82, 2.24) is 29.4 Å². The normalized spacial score (nSPS) is 17.7. The van der Waals surface area contributed by atoms with Crippen molar-refractivity contribution in [1.29, 1.82) is 0 Å². The third kappa shape index (κ3) is 3.26. The Bertz CT molecular complexity index is 934. The number of imidazole rings is 1. The molecule has 1 atom stereocenters. The third-order valence-electron chi connectivity index (χ3n) is 4.76. The van der Waals surface area contributed by atoms with Crippen LogP contribution in [-0.2, 0) is 11.3 Å². The molecule has 9 heteroatoms. The highest BCUT2D eigenvalue weighted by Gasteiger charge is 2.26. The van der Waals surface area contributed by atoms with Crippen LogP contribution < -0.4 is 5.73 Å². The molecule has 3 aromatic heterocycles. The largest absolute Gasteiger partial charge is 0.382 e. The van der Waals surface area contributed by atoms with E-state index in [0.29, 0.717) is 35.9 Å². The zero-order valence-electron chi connectivity index (χ0n) is 14.6. The first-order valence-electron chi connectivity index (χ1n) is 8.73. The fourth-order valence-electron chi connectivity index (χ4n) is 3.40. The van der Waals surface area contributed by atoms with Gasteiger partial charge in [0.25, 0.3) is 0 Å². The number of anilines is 1. The van der Waals surface area contributed by atoms with E-state index in [4.69, 9.17) is 5.73 Å². The molecule has 4 heterocycles. The number of aryl methyl sites for hydroxylation is 2. The molecule has 4 rings (SSSR count). The number of aromatic nitrogens is 5. The van der Waals surface area contributed by atoms with E-state index in [9.17, 15) is 4.79 Å². The predicted octanol–water partition coefficient (Wildman–Crippen LogP) is 1.97. The Morgan fingerprint density at radius 3 is 3.08 bits per heavy atom. The molecule has 1 fully saturated rings. The Morgan fingerprint density at radius 1 is 1.38 bits per heavy atom. The average molecular weight is 371 g/mol. The van der Waals surface area contributed by atoms with Gasteiger partial charge in [0.05, 0.1) is 11.3 Å². The Balaban J connectivity index is 1.40. The van der Waals surface area contributed by atoms with Gasteiger partial charge in [-0.2, -0.15) is 0 Å². The van der Waals surface area contributed by atoms with E-state index in [1.54, 1.807) is 17.7 Å². The van der Waals surface area contributed by atoms with Gasteiger partial charge in [0.2, 0.25) is 5.91 Å². The van der Waals surface area contributed by atoms with Gasteiger partial charge in [-0.15, -0.1) is 11.3 Å². The Hall–Kier alpha value is -2.55. The van der Waals surface area contributed by atoms with Crippen molar-refractivity contribution < 1.29 is 4.79 Å². The smallest absolute Gasteiger partial charge is 0.224 e. The van der Waals surface area contributed by atoms with Crippen LogP contribution in [0.2, 0.25) is 0 Å². The Kier molecular flexibility index (Phi) is 4.54. The van der Waals surface area contributed by atoms with Gasteiger partial charge >= 0.3 is 0 Å². The number of nitrogens with two attached hydrogens (primary N) is 1. The summed E-state index contributed by atoms with van der Waals surface area (Å²) in [5, 5.41) is 3.22. The van der Waals surface area contributed by atoms with Gasteiger partial charge in [0, 0.05) is 43.0 Å². The maximum Gasteiger partial charge on any atom is 0.224 e. The van der Waals surface area contributed by atoms with Gasteiger partial charge in [0.15, 0.2) is 11.5 Å². The molecule has 8 nitrogen and oxygen atoms in total. The Morgan fingerprint density at radius 2 is 2.27 bits per heavy atom. The van der Waals surface area contributed by atoms with Crippen LogP contribution in [0.5, 0.6) is 0 Å². The number of hydrogen-bond donors (Lipinski definition) is 1. The molecule has 0 radical (unpaired) electrons. The van der Waals surface area contributed by atoms with E-state index >= 15 is 0 Å². The van der Waals surface area contributed by atoms with Gasteiger partial charge in [-0.05, 0) is 19.8 Å². The lowest BCUT2D eigenvalue weighted by atomic mass is 9.98. The number of carbonyl (C=O) groups excluding carboxylic acids is 1. The molecule has 1 aliphatic rings. The summed E-state index contributed by atoms with van der Waals surface area (Å²) in [6, 6.07) is 0. The van der Waals surface area contributed by atoms with Crippen LogP contribution in [0.15, 0.2) is 18.0 Å². The Labute approximate surface area is 155 Å². The molecule has 1 unspecified atom stereocenters. The number of likely N-dealkylation sites (tertiary alicyclic amines) is 1. The molecular weight excluding hydrogens is 350 g/mol. The lowest BCUT2D eigenvalue weighted by Crippen LogP contribution is -2.39. The number of nitrogens with zero attached hydrogens (tertiary/aromatic N) is 6. The van der Waals surface area contributed by atoms with E-state index in [0.717, 1.165) is 36.6 Å². The number of piperidine rings is 1. The van der Waals surface area contributed by atoms with Crippen LogP contribution in [0.3, 0.4) is 0 Å². The first kappa shape index (κ1) is 16.9. The highest BCUT2D eigenvalue weighted by molar-refractivity contribution is 7.09. The van der Waals surface area contributed by atoms with Crippen LogP contribution in [0.1, 0.15) is 35.9 Å². The first-order chi connectivity index (χ1) is 12.6. The van der Waals surface area contributed by atoms with Gasteiger partial charge in [-0.3, -0.25) is 4.79 Å². The number of amides is 1. The summed E-state index contributed by atoms with van der Waals surface area (Å²) in [6.45, 7) is 4.12. The molecule has 136 valence electrons. The molecule has 1 amide bonds. The maximum absolute atomic E-state index is 12.7. The molecule has 3 aromatic rings. The van der Waals surface area contributed by atoms with Crippen molar-refractivity contribution in [3.8, 4) is 0 Å². The van der Waals surface area contributed by atoms with E-state index in [1.807, 2.05) is 16.4 Å². The molecule has 0 aromatic carbocycles. The van der Waals surface area contributed by atoms with Crippen molar-refractivity contribution in [3.63, 3.8) is 0 Å². The SMILES string of the molecule is Cc1csc(C2CCCN(C(=O)CCn3cnc4c(N)ncnc43)C2)n1. The molecule has 0 bridgehead atoms. The van der Waals surface area contributed by atoms with E-state index in [-0.39, 0.29) is 5.91 Å². The zero-order valence-corrected chi connectivity index (χ0v) is 15.4. The minimum atomic E-state index is 0.159. The number of fused-ring (bicyclic) bond motifs is 1. The first-order valence-corrected chi connectivity index (χ1v) is 9.61. The summed E-state index contributed by atoms with van der Waals surface area (Å²) < 4.78 is 1.86. The highest BCUT2D eigenvalue weighted by atomic mass is 32.1. The second kappa shape index (κ2) is 6.99. The topological polar surface area (TPSA) is 103 Å². The summed E-state index contributed by atoms with van der Waals surface area (Å²) in [6.07, 6.45) is 5.62. The number of nitrogen functional groups attached to an aromatic ring is 1. The van der Waals surface area contributed by atoms with E-state index < -0.39 is 0 Å². The van der Waals surface area contributed by atoms with Crippen molar-refractivity contribution in [3.05, 3.63) is 28.7 Å². The van der Waals surface area contributed by atoms with Crippen molar-refractivity contribution in [2.24, 2.45) is 0 Å². The summed E-state index contributed by atoms with van der Waals surface area (Å²) in [5.41, 5.74) is 8.11. The van der Waals surface area contributed by atoms with Crippen LogP contribution in [-0.4, -0.2) is 48.4 Å². The summed E-state index contributed by atoms with van der Waals surface area (Å²) in [7, 11) is 0. The number of carbonyl (C=O) groups is 1. The fourth-order valence-corrected chi connectivity index (χ4v) is 4.33. The average Bonchev–Trinajstić information content (AvgIpc) is 3.27. The minimum Gasteiger partial charge on any atom is -0.382 e. The molecule has 0 spiro atoms. The monoisotopic (exact) mass is 371 g/mol. The molecule has 1 saturated heterocycles. The predicted molar refractivity (Wildman–Crippen MR) is 99.8 cm³/mol. The lowest BCUT2D eigenvalue weighted by Gasteiger charge is -2.32. The highest BCUT2D eigenvalue weighted by Crippen LogP contribution is 2.29. The van der Waals surface area contributed by atoms with E-state index in [1.165, 1.54) is 6.33 Å². The van der Waals surface area contributed by atoms with Gasteiger partial charge in [-0.25, -0.2) is 19.9 Å². The number of rotatable bonds is 4. The molecule has 1 aliphatic heterocycles.